The lowest BCUT2D eigenvalue weighted by Gasteiger charge is -2.29. The van der Waals surface area contributed by atoms with Crippen LogP contribution in [0.5, 0.6) is 0 Å². The van der Waals surface area contributed by atoms with Gasteiger partial charge in [0.2, 0.25) is 11.8 Å². The molecule has 24 heavy (non-hydrogen) atoms. The molecule has 3 heterocycles. The van der Waals surface area contributed by atoms with Crippen molar-refractivity contribution in [3.05, 3.63) is 29.3 Å². The Bertz CT molecular complexity index is 715. The highest BCUT2D eigenvalue weighted by Crippen LogP contribution is 2.33. The molecule has 2 atom stereocenters. The Kier molecular flexibility index (Phi) is 4.05. The van der Waals surface area contributed by atoms with Crippen LogP contribution in [0.1, 0.15) is 35.2 Å². The van der Waals surface area contributed by atoms with Crippen LogP contribution in [0.3, 0.4) is 0 Å². The number of fused-ring (bicyclic) bond motifs is 1. The van der Waals surface area contributed by atoms with Gasteiger partial charge in [0.1, 0.15) is 6.04 Å². The number of amides is 3. The zero-order valence-corrected chi connectivity index (χ0v) is 14.0. The van der Waals surface area contributed by atoms with Gasteiger partial charge in [0.05, 0.1) is 0 Å². The molecule has 3 aliphatic rings. The van der Waals surface area contributed by atoms with Gasteiger partial charge in [0.25, 0.3) is 5.91 Å². The number of nitrogens with zero attached hydrogens (tertiary/aromatic N) is 1. The van der Waals surface area contributed by atoms with Gasteiger partial charge in [-0.1, -0.05) is 0 Å². The van der Waals surface area contributed by atoms with E-state index in [9.17, 15) is 14.4 Å². The molecule has 2 unspecified atom stereocenters. The lowest BCUT2D eigenvalue weighted by molar-refractivity contribution is -0.136. The predicted molar refractivity (Wildman–Crippen MR) is 89.6 cm³/mol. The van der Waals surface area contributed by atoms with Gasteiger partial charge >= 0.3 is 0 Å². The zero-order chi connectivity index (χ0) is 16.7. The number of carbonyl (C=O) groups excluding carboxylic acids is 3. The summed E-state index contributed by atoms with van der Waals surface area (Å²) < 4.78 is 0. The van der Waals surface area contributed by atoms with Gasteiger partial charge in [-0.15, -0.1) is 11.8 Å². The molecule has 0 radical (unpaired) electrons. The monoisotopic (exact) mass is 345 g/mol. The molecule has 3 aliphatic heterocycles. The van der Waals surface area contributed by atoms with Crippen LogP contribution in [0.15, 0.2) is 23.1 Å². The first kappa shape index (κ1) is 15.7. The second kappa shape index (κ2) is 6.22. The van der Waals surface area contributed by atoms with Crippen molar-refractivity contribution in [3.8, 4) is 0 Å². The predicted octanol–water partition coefficient (Wildman–Crippen LogP) is 0.902. The van der Waals surface area contributed by atoms with Crippen LogP contribution < -0.4 is 10.6 Å². The van der Waals surface area contributed by atoms with E-state index in [4.69, 9.17) is 0 Å². The van der Waals surface area contributed by atoms with E-state index in [1.807, 2.05) is 23.9 Å². The fraction of sp³-hybridized carbons (Fsp3) is 0.471. The van der Waals surface area contributed by atoms with E-state index in [0.29, 0.717) is 23.8 Å². The van der Waals surface area contributed by atoms with E-state index >= 15 is 0 Å². The van der Waals surface area contributed by atoms with Gasteiger partial charge in [0, 0.05) is 35.2 Å². The second-order valence-electron chi connectivity index (χ2n) is 6.45. The van der Waals surface area contributed by atoms with E-state index in [1.54, 1.807) is 4.90 Å². The highest BCUT2D eigenvalue weighted by molar-refractivity contribution is 8.00. The maximum atomic E-state index is 12.6. The molecule has 0 aromatic heterocycles. The Hall–Kier alpha value is -1.86. The highest BCUT2D eigenvalue weighted by Gasteiger charge is 2.39. The quantitative estimate of drug-likeness (QED) is 0.796. The first-order valence-corrected chi connectivity index (χ1v) is 9.15. The topological polar surface area (TPSA) is 78.5 Å². The van der Waals surface area contributed by atoms with E-state index in [0.717, 1.165) is 25.1 Å². The molecular weight excluding hydrogens is 326 g/mol. The molecule has 2 saturated heterocycles. The molecule has 0 aliphatic carbocycles. The number of piperidine rings is 1. The average molecular weight is 345 g/mol. The van der Waals surface area contributed by atoms with Crippen molar-refractivity contribution < 1.29 is 14.4 Å². The van der Waals surface area contributed by atoms with Crippen LogP contribution >= 0.6 is 11.8 Å². The minimum atomic E-state index is -0.544. The van der Waals surface area contributed by atoms with Gasteiger partial charge in [-0.3, -0.25) is 19.7 Å². The number of rotatable bonds is 3. The van der Waals surface area contributed by atoms with Crippen molar-refractivity contribution >= 4 is 29.5 Å². The van der Waals surface area contributed by atoms with E-state index in [1.165, 1.54) is 4.90 Å². The Balaban J connectivity index is 1.51. The Morgan fingerprint density at radius 3 is 2.79 bits per heavy atom. The van der Waals surface area contributed by atoms with E-state index < -0.39 is 6.04 Å². The van der Waals surface area contributed by atoms with Crippen LogP contribution in [0.2, 0.25) is 0 Å². The van der Waals surface area contributed by atoms with Crippen molar-refractivity contribution in [3.63, 3.8) is 0 Å². The maximum Gasteiger partial charge on any atom is 0.255 e. The Morgan fingerprint density at radius 2 is 2.04 bits per heavy atom. The Labute approximate surface area is 144 Å². The molecule has 0 spiro atoms. The summed E-state index contributed by atoms with van der Waals surface area (Å²) >= 11 is 1.84. The number of imide groups is 1. The number of benzene rings is 1. The zero-order valence-electron chi connectivity index (χ0n) is 13.2. The number of thioether (sulfide) groups is 1. The molecule has 6 nitrogen and oxygen atoms in total. The summed E-state index contributed by atoms with van der Waals surface area (Å²) in [6.45, 7) is 2.52. The van der Waals surface area contributed by atoms with Crippen molar-refractivity contribution in [2.24, 2.45) is 0 Å². The number of hydrogen-bond acceptors (Lipinski definition) is 5. The normalized spacial score (nSPS) is 26.7. The molecule has 1 aromatic rings. The van der Waals surface area contributed by atoms with Crippen LogP contribution in [0, 0.1) is 0 Å². The van der Waals surface area contributed by atoms with E-state index in [2.05, 4.69) is 16.7 Å². The summed E-state index contributed by atoms with van der Waals surface area (Å²) in [5.41, 5.74) is 1.65. The summed E-state index contributed by atoms with van der Waals surface area (Å²) in [7, 11) is 0. The lowest BCUT2D eigenvalue weighted by Crippen LogP contribution is -2.52. The second-order valence-corrected chi connectivity index (χ2v) is 7.83. The fourth-order valence-electron chi connectivity index (χ4n) is 3.55. The highest BCUT2D eigenvalue weighted by atomic mass is 32.2. The van der Waals surface area contributed by atoms with Crippen molar-refractivity contribution in [1.82, 2.24) is 15.5 Å². The number of carbonyl (C=O) groups is 3. The maximum absolute atomic E-state index is 12.6. The number of nitrogens with one attached hydrogen (secondary N) is 2. The third-order valence-corrected chi connectivity index (χ3v) is 6.07. The molecule has 126 valence electrons. The third kappa shape index (κ3) is 2.82. The molecule has 3 amide bonds. The minimum absolute atomic E-state index is 0.112. The number of hydrogen-bond donors (Lipinski definition) is 2. The molecule has 7 heteroatoms. The molecule has 4 rings (SSSR count). The van der Waals surface area contributed by atoms with Gasteiger partial charge in [-0.05, 0) is 43.1 Å². The van der Waals surface area contributed by atoms with Gasteiger partial charge in [-0.2, -0.15) is 0 Å². The molecule has 0 bridgehead atoms. The minimum Gasteiger partial charge on any atom is -0.322 e. The SMILES string of the molecule is O=C1CCC(N2Cc3cc(SC4CCNC4)ccc3C2=O)C(=O)N1. The summed E-state index contributed by atoms with van der Waals surface area (Å²) in [5.74, 6) is -0.734. The lowest BCUT2D eigenvalue weighted by atomic mass is 10.0. The third-order valence-electron chi connectivity index (χ3n) is 4.81. The summed E-state index contributed by atoms with van der Waals surface area (Å²) in [6, 6.07) is 5.39. The van der Waals surface area contributed by atoms with Crippen molar-refractivity contribution in [2.75, 3.05) is 13.1 Å². The van der Waals surface area contributed by atoms with Gasteiger partial charge in [-0.25, -0.2) is 0 Å². The first-order chi connectivity index (χ1) is 11.6. The van der Waals surface area contributed by atoms with Crippen molar-refractivity contribution in [2.45, 2.75) is 42.0 Å². The van der Waals surface area contributed by atoms with Crippen LogP contribution in [0.25, 0.3) is 0 Å². The first-order valence-electron chi connectivity index (χ1n) is 8.27. The van der Waals surface area contributed by atoms with Crippen molar-refractivity contribution in [1.29, 1.82) is 0 Å². The Morgan fingerprint density at radius 1 is 1.17 bits per heavy atom. The van der Waals surface area contributed by atoms with Crippen LogP contribution in [0.4, 0.5) is 0 Å². The van der Waals surface area contributed by atoms with Gasteiger partial charge in [0.15, 0.2) is 0 Å². The van der Waals surface area contributed by atoms with E-state index in [-0.39, 0.29) is 24.1 Å². The molecular formula is C17H19N3O3S. The summed E-state index contributed by atoms with van der Waals surface area (Å²) in [6.07, 6.45) is 1.84. The van der Waals surface area contributed by atoms with Crippen LogP contribution in [-0.2, 0) is 16.1 Å². The molecule has 2 N–H and O–H groups in total. The smallest absolute Gasteiger partial charge is 0.255 e. The molecule has 2 fully saturated rings. The fourth-order valence-corrected chi connectivity index (χ4v) is 4.72. The largest absolute Gasteiger partial charge is 0.322 e. The van der Waals surface area contributed by atoms with Gasteiger partial charge < -0.3 is 10.2 Å². The molecule has 0 saturated carbocycles. The standard InChI is InChI=1S/C17H19N3O3S/c21-15-4-3-14(16(22)19-15)20-9-10-7-11(1-2-13(10)17(20)23)24-12-5-6-18-8-12/h1-2,7,12,14,18H,3-6,8-9H2,(H,19,21,22). The average Bonchev–Trinajstić information content (AvgIpc) is 3.16. The summed E-state index contributed by atoms with van der Waals surface area (Å²) in [5, 5.41) is 6.26. The molecule has 1 aromatic carbocycles. The summed E-state index contributed by atoms with van der Waals surface area (Å²) in [4.78, 5) is 38.7. The van der Waals surface area contributed by atoms with Crippen LogP contribution in [-0.4, -0.2) is 47.0 Å².